The third kappa shape index (κ3) is 8.93. The SMILES string of the molecule is CC(C)(C)OC(=O)/C=C/c1cc(O)cc(/C=C/C(=O)OC(C)(C)C)c1S(=O)(=O)O. The molecule has 0 bridgehead atoms. The molecule has 0 aliphatic rings. The van der Waals surface area contributed by atoms with Crippen LogP contribution in [0, 0.1) is 0 Å². The van der Waals surface area contributed by atoms with Crippen molar-refractivity contribution in [3.05, 3.63) is 35.4 Å². The largest absolute Gasteiger partial charge is 0.508 e. The average Bonchev–Trinajstić information content (AvgIpc) is 2.45. The molecule has 1 aromatic rings. The topological polar surface area (TPSA) is 127 Å². The number of esters is 2. The van der Waals surface area contributed by atoms with E-state index in [1.807, 2.05) is 0 Å². The highest BCUT2D eigenvalue weighted by Gasteiger charge is 2.21. The number of ether oxygens (including phenoxy) is 2. The number of carbonyl (C=O) groups excluding carboxylic acids is 2. The van der Waals surface area contributed by atoms with E-state index in [9.17, 15) is 27.7 Å². The van der Waals surface area contributed by atoms with Gasteiger partial charge in [0.1, 0.15) is 21.8 Å². The Balaban J connectivity index is 3.39. The summed E-state index contributed by atoms with van der Waals surface area (Å²) in [6.07, 6.45) is 4.11. The molecule has 160 valence electrons. The molecule has 0 radical (unpaired) electrons. The van der Waals surface area contributed by atoms with Gasteiger partial charge in [0.05, 0.1) is 0 Å². The maximum absolute atomic E-state index is 11.9. The van der Waals surface area contributed by atoms with Crippen LogP contribution in [0.25, 0.3) is 12.2 Å². The van der Waals surface area contributed by atoms with Gasteiger partial charge in [-0.3, -0.25) is 4.55 Å². The van der Waals surface area contributed by atoms with Crippen LogP contribution in [-0.2, 0) is 29.2 Å². The molecular weight excluding hydrogens is 400 g/mol. The molecule has 0 unspecified atom stereocenters. The first-order valence-corrected chi connectivity index (χ1v) is 10.1. The summed E-state index contributed by atoms with van der Waals surface area (Å²) in [4.78, 5) is 23.1. The molecule has 1 aromatic carbocycles. The summed E-state index contributed by atoms with van der Waals surface area (Å²) in [5.41, 5.74) is -1.84. The maximum Gasteiger partial charge on any atom is 0.331 e. The van der Waals surface area contributed by atoms with E-state index in [0.717, 1.165) is 36.4 Å². The number of hydrogen-bond donors (Lipinski definition) is 2. The fourth-order valence-corrected chi connectivity index (χ4v) is 3.04. The van der Waals surface area contributed by atoms with Gasteiger partial charge in [-0.05, 0) is 65.8 Å². The van der Waals surface area contributed by atoms with Crippen molar-refractivity contribution in [3.8, 4) is 5.75 Å². The molecule has 2 N–H and O–H groups in total. The monoisotopic (exact) mass is 426 g/mol. The van der Waals surface area contributed by atoms with Gasteiger partial charge in [0.15, 0.2) is 0 Å². The number of hydrogen-bond acceptors (Lipinski definition) is 7. The van der Waals surface area contributed by atoms with E-state index in [2.05, 4.69) is 0 Å². The minimum atomic E-state index is -4.76. The Morgan fingerprint density at radius 3 is 1.48 bits per heavy atom. The van der Waals surface area contributed by atoms with E-state index in [0.29, 0.717) is 0 Å². The van der Waals surface area contributed by atoms with Gasteiger partial charge in [0, 0.05) is 23.3 Å². The molecule has 1 rings (SSSR count). The Morgan fingerprint density at radius 2 is 1.21 bits per heavy atom. The summed E-state index contributed by atoms with van der Waals surface area (Å²) in [6, 6.07) is 2.10. The lowest BCUT2D eigenvalue weighted by atomic mass is 10.1. The van der Waals surface area contributed by atoms with Gasteiger partial charge in [-0.1, -0.05) is 0 Å². The Morgan fingerprint density at radius 1 is 0.862 bits per heavy atom. The van der Waals surface area contributed by atoms with Crippen molar-refractivity contribution in [2.24, 2.45) is 0 Å². The molecule has 0 heterocycles. The second-order valence-electron chi connectivity index (χ2n) is 8.16. The van der Waals surface area contributed by atoms with Crippen molar-refractivity contribution in [2.75, 3.05) is 0 Å². The highest BCUT2D eigenvalue weighted by atomic mass is 32.2. The highest BCUT2D eigenvalue weighted by Crippen LogP contribution is 2.28. The Bertz CT molecular complexity index is 883. The molecule has 0 fully saturated rings. The van der Waals surface area contributed by atoms with Crippen molar-refractivity contribution >= 4 is 34.2 Å². The molecule has 0 saturated carbocycles. The fraction of sp³-hybridized carbons (Fsp3) is 0.400. The van der Waals surface area contributed by atoms with E-state index < -0.39 is 38.2 Å². The summed E-state index contributed by atoms with van der Waals surface area (Å²) < 4.78 is 43.6. The van der Waals surface area contributed by atoms with E-state index in [4.69, 9.17) is 9.47 Å². The number of rotatable bonds is 5. The lowest BCUT2D eigenvalue weighted by Gasteiger charge is -2.18. The zero-order valence-electron chi connectivity index (χ0n) is 17.2. The molecule has 9 heteroatoms. The summed E-state index contributed by atoms with van der Waals surface area (Å²) in [5, 5.41) is 9.91. The molecule has 0 aromatic heterocycles. The van der Waals surface area contributed by atoms with Crippen LogP contribution in [-0.4, -0.2) is 41.2 Å². The second kappa shape index (κ2) is 8.79. The lowest BCUT2D eigenvalue weighted by Crippen LogP contribution is -2.22. The summed E-state index contributed by atoms with van der Waals surface area (Å²) in [7, 11) is -4.76. The third-order valence-corrected chi connectivity index (χ3v) is 3.99. The molecule has 0 spiro atoms. The molecule has 0 aliphatic carbocycles. The predicted octanol–water partition coefficient (Wildman–Crippen LogP) is 3.35. The zero-order valence-corrected chi connectivity index (χ0v) is 18.0. The lowest BCUT2D eigenvalue weighted by molar-refractivity contribution is -0.149. The van der Waals surface area contributed by atoms with Crippen molar-refractivity contribution in [3.63, 3.8) is 0 Å². The van der Waals surface area contributed by atoms with Crippen molar-refractivity contribution < 1.29 is 37.1 Å². The Kier molecular flexibility index (Phi) is 7.39. The first kappa shape index (κ1) is 24.4. The van der Waals surface area contributed by atoms with Gasteiger partial charge in [-0.25, -0.2) is 9.59 Å². The normalized spacial score (nSPS) is 13.1. The molecule has 0 aliphatic heterocycles. The standard InChI is InChI=1S/C20H26O8S/c1-19(2,3)27-16(22)9-7-13-11-15(21)12-14(18(13)29(24,25)26)8-10-17(23)28-20(4,5)6/h7-12,21H,1-6H3,(H,24,25,26)/b9-7+,10-8+. The Labute approximate surface area is 170 Å². The van der Waals surface area contributed by atoms with Crippen molar-refractivity contribution in [1.82, 2.24) is 0 Å². The number of aromatic hydroxyl groups is 1. The zero-order chi connectivity index (χ0) is 22.6. The third-order valence-electron chi connectivity index (χ3n) is 3.00. The van der Waals surface area contributed by atoms with Gasteiger partial charge in [0.2, 0.25) is 0 Å². The molecular formula is C20H26O8S. The van der Waals surface area contributed by atoms with Crippen LogP contribution in [0.3, 0.4) is 0 Å². The van der Waals surface area contributed by atoms with E-state index >= 15 is 0 Å². The number of benzene rings is 1. The quantitative estimate of drug-likeness (QED) is 0.417. The van der Waals surface area contributed by atoms with Crippen molar-refractivity contribution in [1.29, 1.82) is 0 Å². The van der Waals surface area contributed by atoms with Gasteiger partial charge in [-0.2, -0.15) is 8.42 Å². The van der Waals surface area contributed by atoms with E-state index in [1.54, 1.807) is 41.5 Å². The first-order chi connectivity index (χ1) is 13.0. The first-order valence-electron chi connectivity index (χ1n) is 8.64. The minimum absolute atomic E-state index is 0.165. The maximum atomic E-state index is 11.9. The molecule has 0 saturated heterocycles. The molecule has 0 atom stereocenters. The fourth-order valence-electron chi connectivity index (χ4n) is 2.19. The molecule has 8 nitrogen and oxygen atoms in total. The van der Waals surface area contributed by atoms with Crippen LogP contribution in [0.5, 0.6) is 5.75 Å². The minimum Gasteiger partial charge on any atom is -0.508 e. The van der Waals surface area contributed by atoms with Gasteiger partial charge >= 0.3 is 11.9 Å². The van der Waals surface area contributed by atoms with Gasteiger partial charge in [-0.15, -0.1) is 0 Å². The van der Waals surface area contributed by atoms with Crippen LogP contribution >= 0.6 is 0 Å². The van der Waals surface area contributed by atoms with Crippen molar-refractivity contribution in [2.45, 2.75) is 57.6 Å². The van der Waals surface area contributed by atoms with Crippen LogP contribution in [0.1, 0.15) is 52.7 Å². The van der Waals surface area contributed by atoms with E-state index in [1.165, 1.54) is 0 Å². The number of carbonyl (C=O) groups is 2. The average molecular weight is 426 g/mol. The number of phenolic OH excluding ortho intramolecular Hbond substituents is 1. The second-order valence-corrected chi connectivity index (χ2v) is 9.52. The molecule has 0 amide bonds. The summed E-state index contributed by atoms with van der Waals surface area (Å²) >= 11 is 0. The van der Waals surface area contributed by atoms with Crippen LogP contribution < -0.4 is 0 Å². The van der Waals surface area contributed by atoms with Crippen LogP contribution in [0.4, 0.5) is 0 Å². The smallest absolute Gasteiger partial charge is 0.331 e. The van der Waals surface area contributed by atoms with Gasteiger partial charge in [0.25, 0.3) is 10.1 Å². The van der Waals surface area contributed by atoms with Crippen LogP contribution in [0.2, 0.25) is 0 Å². The Hall–Kier alpha value is -2.65. The molecule has 29 heavy (non-hydrogen) atoms. The van der Waals surface area contributed by atoms with Gasteiger partial charge < -0.3 is 14.6 Å². The predicted molar refractivity (Wildman–Crippen MR) is 108 cm³/mol. The highest BCUT2D eigenvalue weighted by molar-refractivity contribution is 7.86. The summed E-state index contributed by atoms with van der Waals surface area (Å²) in [5.74, 6) is -1.83. The van der Waals surface area contributed by atoms with E-state index in [-0.39, 0.29) is 16.9 Å². The summed E-state index contributed by atoms with van der Waals surface area (Å²) in [6.45, 7) is 9.98. The van der Waals surface area contributed by atoms with Crippen LogP contribution in [0.15, 0.2) is 29.2 Å². The number of phenols is 1.